The van der Waals surface area contributed by atoms with Crippen molar-refractivity contribution in [2.75, 3.05) is 11.9 Å². The first-order valence-corrected chi connectivity index (χ1v) is 9.51. The number of rotatable bonds is 5. The molecule has 6 nitrogen and oxygen atoms in total. The third-order valence-corrected chi connectivity index (χ3v) is 6.01. The van der Waals surface area contributed by atoms with E-state index >= 15 is 0 Å². The topological polar surface area (TPSA) is 75.2 Å². The largest absolute Gasteiger partial charge is 0.337 e. The molecule has 0 saturated carbocycles. The molecule has 1 N–H and O–H groups in total. The molecule has 1 aliphatic heterocycles. The van der Waals surface area contributed by atoms with Crippen LogP contribution in [0.15, 0.2) is 4.34 Å². The summed E-state index contributed by atoms with van der Waals surface area (Å²) in [6, 6.07) is 0. The van der Waals surface area contributed by atoms with Crippen molar-refractivity contribution in [2.45, 2.75) is 62.6 Å². The fraction of sp³-hybridized carbons (Fsp3) is 0.733. The highest BCUT2D eigenvalue weighted by atomic mass is 32.2. The van der Waals surface area contributed by atoms with Crippen molar-refractivity contribution in [3.63, 3.8) is 0 Å². The van der Waals surface area contributed by atoms with Crippen LogP contribution >= 0.6 is 23.1 Å². The molecule has 1 fully saturated rings. The molecule has 1 aromatic heterocycles. The summed E-state index contributed by atoms with van der Waals surface area (Å²) in [5, 5.41) is 11.9. The summed E-state index contributed by atoms with van der Waals surface area (Å²) in [5.74, 6) is -0.444. The van der Waals surface area contributed by atoms with Gasteiger partial charge in [0.05, 0.1) is 5.92 Å². The zero-order valence-corrected chi connectivity index (χ0v) is 15.9. The van der Waals surface area contributed by atoms with Crippen LogP contribution in [0.3, 0.4) is 0 Å². The molecule has 0 spiro atoms. The average molecular weight is 357 g/mol. The Balaban J connectivity index is 1.94. The minimum atomic E-state index is -0.323. The molecule has 8 heteroatoms. The maximum absolute atomic E-state index is 12.4. The van der Waals surface area contributed by atoms with E-state index in [1.807, 2.05) is 20.8 Å². The molecule has 2 rings (SSSR count). The van der Waals surface area contributed by atoms with Gasteiger partial charge in [0.15, 0.2) is 4.34 Å². The molecule has 2 atom stereocenters. The van der Waals surface area contributed by atoms with E-state index in [1.54, 1.807) is 16.7 Å². The predicted octanol–water partition coefficient (Wildman–Crippen LogP) is 3.01. The van der Waals surface area contributed by atoms with Gasteiger partial charge >= 0.3 is 0 Å². The van der Waals surface area contributed by atoms with Crippen LogP contribution in [0.5, 0.6) is 0 Å². The second-order valence-electron chi connectivity index (χ2n) is 6.78. The van der Waals surface area contributed by atoms with Gasteiger partial charge in [-0.1, -0.05) is 36.9 Å². The molecule has 23 heavy (non-hydrogen) atoms. The number of anilines is 1. The minimum Gasteiger partial charge on any atom is -0.337 e. The van der Waals surface area contributed by atoms with E-state index in [-0.39, 0.29) is 29.7 Å². The third-order valence-electron chi connectivity index (χ3n) is 3.82. The highest BCUT2D eigenvalue weighted by Crippen LogP contribution is 2.31. The molecule has 0 aliphatic carbocycles. The van der Waals surface area contributed by atoms with Crippen molar-refractivity contribution in [1.29, 1.82) is 0 Å². The van der Waals surface area contributed by atoms with Crippen LogP contribution in [0.1, 0.15) is 47.5 Å². The SMILES string of the molecule is CC[C@@H](C)Sc1nnc(NC(=O)[C@@H]2CC(=O)N(C(C)(C)C)C2)s1. The Kier molecular flexibility index (Phi) is 5.67. The molecule has 1 saturated heterocycles. The lowest BCUT2D eigenvalue weighted by Gasteiger charge is -2.31. The van der Waals surface area contributed by atoms with Crippen LogP contribution in [0.4, 0.5) is 5.13 Å². The van der Waals surface area contributed by atoms with Crippen molar-refractivity contribution in [2.24, 2.45) is 5.92 Å². The van der Waals surface area contributed by atoms with Gasteiger partial charge in [-0.05, 0) is 27.2 Å². The predicted molar refractivity (Wildman–Crippen MR) is 93.7 cm³/mol. The van der Waals surface area contributed by atoms with E-state index in [0.717, 1.165) is 10.8 Å². The van der Waals surface area contributed by atoms with Gasteiger partial charge in [0.25, 0.3) is 0 Å². The molecule has 128 valence electrons. The van der Waals surface area contributed by atoms with Gasteiger partial charge in [-0.3, -0.25) is 9.59 Å². The van der Waals surface area contributed by atoms with E-state index in [2.05, 4.69) is 29.4 Å². The van der Waals surface area contributed by atoms with Gasteiger partial charge in [-0.2, -0.15) is 0 Å². The Bertz CT molecular complexity index is 582. The summed E-state index contributed by atoms with van der Waals surface area (Å²) in [4.78, 5) is 26.2. The first-order valence-electron chi connectivity index (χ1n) is 7.82. The molecule has 0 bridgehead atoms. The smallest absolute Gasteiger partial charge is 0.231 e. The summed E-state index contributed by atoms with van der Waals surface area (Å²) in [6.07, 6.45) is 1.31. The molecule has 1 aromatic rings. The van der Waals surface area contributed by atoms with Crippen LogP contribution in [0.2, 0.25) is 0 Å². The monoisotopic (exact) mass is 356 g/mol. The van der Waals surface area contributed by atoms with Crippen molar-refractivity contribution in [1.82, 2.24) is 15.1 Å². The molecular weight excluding hydrogens is 332 g/mol. The standard InChI is InChI=1S/C15H24N4O2S2/c1-6-9(2)22-14-18-17-13(23-14)16-12(21)10-7-11(20)19(8-10)15(3,4)5/h9-10H,6-8H2,1-5H3,(H,16,17,21)/t9-,10-/m1/s1. The third kappa shape index (κ3) is 4.67. The maximum Gasteiger partial charge on any atom is 0.231 e. The number of hydrogen-bond donors (Lipinski definition) is 1. The Morgan fingerprint density at radius 2 is 2.17 bits per heavy atom. The molecule has 2 heterocycles. The summed E-state index contributed by atoms with van der Waals surface area (Å²) < 4.78 is 0.855. The van der Waals surface area contributed by atoms with Crippen LogP contribution in [0, 0.1) is 5.92 Å². The van der Waals surface area contributed by atoms with Crippen LogP contribution in [0.25, 0.3) is 0 Å². The average Bonchev–Trinajstić information content (AvgIpc) is 3.04. The van der Waals surface area contributed by atoms with E-state index in [4.69, 9.17) is 0 Å². The summed E-state index contributed by atoms with van der Waals surface area (Å²) in [5.41, 5.74) is -0.255. The Morgan fingerprint density at radius 1 is 1.48 bits per heavy atom. The van der Waals surface area contributed by atoms with Crippen molar-refractivity contribution < 1.29 is 9.59 Å². The summed E-state index contributed by atoms with van der Waals surface area (Å²) in [7, 11) is 0. The van der Waals surface area contributed by atoms with Gasteiger partial charge in [-0.25, -0.2) is 0 Å². The molecule has 1 aliphatic rings. The number of aromatic nitrogens is 2. The minimum absolute atomic E-state index is 0.0305. The number of carbonyl (C=O) groups excluding carboxylic acids is 2. The van der Waals surface area contributed by atoms with Gasteiger partial charge in [0.1, 0.15) is 0 Å². The van der Waals surface area contributed by atoms with Gasteiger partial charge in [-0.15, -0.1) is 10.2 Å². The second kappa shape index (κ2) is 7.17. The second-order valence-corrected chi connectivity index (χ2v) is 9.44. The number of likely N-dealkylation sites (tertiary alicyclic amines) is 1. The zero-order valence-electron chi connectivity index (χ0n) is 14.3. The molecule has 0 radical (unpaired) electrons. The van der Waals surface area contributed by atoms with E-state index < -0.39 is 0 Å². The Morgan fingerprint density at radius 3 is 2.74 bits per heavy atom. The molecule has 2 amide bonds. The molecule has 0 unspecified atom stereocenters. The van der Waals surface area contributed by atoms with Gasteiger partial charge in [0.2, 0.25) is 16.9 Å². The first kappa shape index (κ1) is 18.2. The number of nitrogens with zero attached hydrogens (tertiary/aromatic N) is 3. The number of thioether (sulfide) groups is 1. The molecular formula is C15H24N4O2S2. The lowest BCUT2D eigenvalue weighted by Crippen LogP contribution is -2.42. The number of hydrogen-bond acceptors (Lipinski definition) is 6. The lowest BCUT2D eigenvalue weighted by atomic mass is 10.1. The Hall–Kier alpha value is -1.15. The molecule has 0 aromatic carbocycles. The zero-order chi connectivity index (χ0) is 17.2. The number of amides is 2. The van der Waals surface area contributed by atoms with Gasteiger partial charge in [0, 0.05) is 23.8 Å². The normalized spacial score (nSPS) is 20.0. The highest BCUT2D eigenvalue weighted by Gasteiger charge is 2.39. The summed E-state index contributed by atoms with van der Waals surface area (Å²) >= 11 is 3.04. The Labute approximate surface area is 145 Å². The maximum atomic E-state index is 12.4. The van der Waals surface area contributed by atoms with Crippen molar-refractivity contribution in [3.05, 3.63) is 0 Å². The fourth-order valence-corrected chi connectivity index (χ4v) is 4.30. The number of carbonyl (C=O) groups is 2. The fourth-order valence-electron chi connectivity index (χ4n) is 2.30. The lowest BCUT2D eigenvalue weighted by molar-refractivity contribution is -0.131. The quantitative estimate of drug-likeness (QED) is 0.648. The van der Waals surface area contributed by atoms with E-state index in [0.29, 0.717) is 16.9 Å². The van der Waals surface area contributed by atoms with Crippen molar-refractivity contribution >= 4 is 40.0 Å². The van der Waals surface area contributed by atoms with Gasteiger partial charge < -0.3 is 10.2 Å². The summed E-state index contributed by atoms with van der Waals surface area (Å²) in [6.45, 7) is 10.7. The van der Waals surface area contributed by atoms with E-state index in [9.17, 15) is 9.59 Å². The van der Waals surface area contributed by atoms with Crippen LogP contribution in [-0.2, 0) is 9.59 Å². The highest BCUT2D eigenvalue weighted by molar-refractivity contribution is 8.01. The first-order chi connectivity index (χ1) is 10.7. The van der Waals surface area contributed by atoms with Crippen LogP contribution < -0.4 is 5.32 Å². The van der Waals surface area contributed by atoms with E-state index in [1.165, 1.54) is 11.3 Å². The van der Waals surface area contributed by atoms with Crippen molar-refractivity contribution in [3.8, 4) is 0 Å². The number of nitrogens with one attached hydrogen (secondary N) is 1. The van der Waals surface area contributed by atoms with Crippen LogP contribution in [-0.4, -0.2) is 44.2 Å².